The quantitative estimate of drug-likeness (QED) is 0.647. The Morgan fingerprint density at radius 2 is 2.00 bits per heavy atom. The van der Waals surface area contributed by atoms with Crippen LogP contribution in [0.5, 0.6) is 0 Å². The molecule has 0 bridgehead atoms. The van der Waals surface area contributed by atoms with E-state index in [-0.39, 0.29) is 5.91 Å². The zero-order valence-corrected chi connectivity index (χ0v) is 17.3. The van der Waals surface area contributed by atoms with Gasteiger partial charge in [0.1, 0.15) is 0 Å². The summed E-state index contributed by atoms with van der Waals surface area (Å²) in [5.41, 5.74) is 8.77. The molecule has 0 aliphatic carbocycles. The number of anilines is 1. The van der Waals surface area contributed by atoms with E-state index in [0.29, 0.717) is 24.1 Å². The smallest absolute Gasteiger partial charge is 0.232 e. The topological polar surface area (TPSA) is 49.6 Å². The molecule has 5 heteroatoms. The van der Waals surface area contributed by atoms with Crippen LogP contribution in [-0.4, -0.2) is 49.3 Å². The number of carbonyl (C=O) groups excluding carboxylic acids is 1. The SMILES string of the molecule is CCCN(CC1CCN(C(=O)CS)CC1)c1ccccc1C(CC)CN. The second-order valence-electron chi connectivity index (χ2n) is 7.33. The summed E-state index contributed by atoms with van der Waals surface area (Å²) >= 11 is 4.12. The van der Waals surface area contributed by atoms with Crippen molar-refractivity contribution >= 4 is 24.2 Å². The lowest BCUT2D eigenvalue weighted by molar-refractivity contribution is -0.129. The first-order valence-electron chi connectivity index (χ1n) is 10.1. The van der Waals surface area contributed by atoms with Crippen molar-refractivity contribution in [3.05, 3.63) is 29.8 Å². The fourth-order valence-corrected chi connectivity index (χ4v) is 4.19. The van der Waals surface area contributed by atoms with E-state index in [9.17, 15) is 4.79 Å². The van der Waals surface area contributed by atoms with Crippen LogP contribution in [0, 0.1) is 5.92 Å². The average Bonchev–Trinajstić information content (AvgIpc) is 2.69. The predicted molar refractivity (Wildman–Crippen MR) is 114 cm³/mol. The first-order chi connectivity index (χ1) is 12.6. The highest BCUT2D eigenvalue weighted by Gasteiger charge is 2.25. The highest BCUT2D eigenvalue weighted by atomic mass is 32.1. The minimum atomic E-state index is 0.163. The number of rotatable bonds is 9. The summed E-state index contributed by atoms with van der Waals surface area (Å²) in [6.45, 7) is 9.01. The van der Waals surface area contributed by atoms with Gasteiger partial charge in [-0.1, -0.05) is 32.0 Å². The minimum absolute atomic E-state index is 0.163. The van der Waals surface area contributed by atoms with E-state index in [4.69, 9.17) is 5.73 Å². The maximum absolute atomic E-state index is 11.8. The van der Waals surface area contributed by atoms with E-state index >= 15 is 0 Å². The number of benzene rings is 1. The Balaban J connectivity index is 2.09. The number of hydrogen-bond acceptors (Lipinski definition) is 4. The van der Waals surface area contributed by atoms with Gasteiger partial charge in [0.15, 0.2) is 0 Å². The lowest BCUT2D eigenvalue weighted by Gasteiger charge is -2.36. The molecule has 1 amide bonds. The van der Waals surface area contributed by atoms with Crippen molar-refractivity contribution in [2.24, 2.45) is 11.7 Å². The van der Waals surface area contributed by atoms with Gasteiger partial charge in [0.25, 0.3) is 0 Å². The molecular formula is C21H35N3OS. The van der Waals surface area contributed by atoms with Crippen molar-refractivity contribution in [1.82, 2.24) is 4.90 Å². The molecule has 2 rings (SSSR count). The third kappa shape index (κ3) is 5.40. The number of thiol groups is 1. The fourth-order valence-electron chi connectivity index (χ4n) is 3.99. The van der Waals surface area contributed by atoms with E-state index in [1.54, 1.807) is 0 Å². The van der Waals surface area contributed by atoms with Crippen molar-refractivity contribution in [3.63, 3.8) is 0 Å². The number of hydrogen-bond donors (Lipinski definition) is 2. The Bertz CT molecular complexity index is 554. The highest BCUT2D eigenvalue weighted by Crippen LogP contribution is 2.31. The van der Waals surface area contributed by atoms with E-state index in [1.165, 1.54) is 11.3 Å². The molecule has 0 radical (unpaired) electrons. The van der Waals surface area contributed by atoms with E-state index in [1.807, 2.05) is 4.90 Å². The van der Waals surface area contributed by atoms with Crippen LogP contribution in [0.1, 0.15) is 51.0 Å². The zero-order valence-electron chi connectivity index (χ0n) is 16.4. The average molecular weight is 378 g/mol. The monoisotopic (exact) mass is 377 g/mol. The summed E-state index contributed by atoms with van der Waals surface area (Å²) < 4.78 is 0. The molecule has 2 N–H and O–H groups in total. The summed E-state index contributed by atoms with van der Waals surface area (Å²) in [7, 11) is 0. The van der Waals surface area contributed by atoms with Gasteiger partial charge < -0.3 is 15.5 Å². The zero-order chi connectivity index (χ0) is 18.9. The lowest BCUT2D eigenvalue weighted by Crippen LogP contribution is -2.42. The maximum atomic E-state index is 11.8. The number of nitrogens with two attached hydrogens (primary N) is 1. The molecule has 1 aliphatic rings. The molecule has 4 nitrogen and oxygen atoms in total. The largest absolute Gasteiger partial charge is 0.371 e. The molecule has 1 fully saturated rings. The molecule has 1 unspecified atom stereocenters. The number of amides is 1. The summed E-state index contributed by atoms with van der Waals surface area (Å²) in [4.78, 5) is 16.3. The van der Waals surface area contributed by atoms with Gasteiger partial charge in [-0.25, -0.2) is 0 Å². The van der Waals surface area contributed by atoms with Crippen molar-refractivity contribution in [1.29, 1.82) is 0 Å². The van der Waals surface area contributed by atoms with Crippen molar-refractivity contribution < 1.29 is 4.79 Å². The van der Waals surface area contributed by atoms with Crippen LogP contribution in [0.25, 0.3) is 0 Å². The number of piperidine rings is 1. The van der Waals surface area contributed by atoms with Crippen LogP contribution in [0.4, 0.5) is 5.69 Å². The molecule has 1 saturated heterocycles. The van der Waals surface area contributed by atoms with Crippen molar-refractivity contribution in [2.45, 2.75) is 45.4 Å². The molecule has 0 saturated carbocycles. The molecular weight excluding hydrogens is 342 g/mol. The normalized spacial score (nSPS) is 16.5. The Morgan fingerprint density at radius 1 is 1.31 bits per heavy atom. The van der Waals surface area contributed by atoms with Gasteiger partial charge in [0.2, 0.25) is 5.91 Å². The van der Waals surface area contributed by atoms with Crippen LogP contribution in [0.2, 0.25) is 0 Å². The summed E-state index contributed by atoms with van der Waals surface area (Å²) in [5.74, 6) is 1.53. The molecule has 1 heterocycles. The summed E-state index contributed by atoms with van der Waals surface area (Å²) in [6, 6.07) is 8.76. The van der Waals surface area contributed by atoms with Gasteiger partial charge in [-0.15, -0.1) is 0 Å². The molecule has 1 aliphatic heterocycles. The summed E-state index contributed by atoms with van der Waals surface area (Å²) in [5, 5.41) is 0. The molecule has 1 aromatic carbocycles. The van der Waals surface area contributed by atoms with Crippen molar-refractivity contribution in [3.8, 4) is 0 Å². The lowest BCUT2D eigenvalue weighted by atomic mass is 9.92. The van der Waals surface area contributed by atoms with Gasteiger partial charge in [-0.3, -0.25) is 4.79 Å². The highest BCUT2D eigenvalue weighted by molar-refractivity contribution is 7.81. The molecule has 1 atom stereocenters. The minimum Gasteiger partial charge on any atom is -0.371 e. The third-order valence-electron chi connectivity index (χ3n) is 5.57. The number of carbonyl (C=O) groups is 1. The first-order valence-corrected chi connectivity index (χ1v) is 10.7. The van der Waals surface area contributed by atoms with Gasteiger partial charge >= 0.3 is 0 Å². The van der Waals surface area contributed by atoms with Gasteiger partial charge in [0, 0.05) is 31.9 Å². The molecule has 26 heavy (non-hydrogen) atoms. The standard InChI is InChI=1S/C21H35N3OS/c1-3-11-24(15-17-9-12-23(13-10-17)21(25)16-26)20-8-6-5-7-19(20)18(4-2)14-22/h5-8,17-18,26H,3-4,9-16,22H2,1-2H3. The van der Waals surface area contributed by atoms with Crippen LogP contribution in [0.3, 0.4) is 0 Å². The van der Waals surface area contributed by atoms with Crippen LogP contribution in [0.15, 0.2) is 24.3 Å². The number of nitrogens with zero attached hydrogens (tertiary/aromatic N) is 2. The Morgan fingerprint density at radius 3 is 2.58 bits per heavy atom. The Labute approximate surface area is 164 Å². The van der Waals surface area contributed by atoms with Crippen LogP contribution >= 0.6 is 12.6 Å². The molecule has 1 aromatic rings. The second-order valence-corrected chi connectivity index (χ2v) is 7.64. The molecule has 0 aromatic heterocycles. The van der Waals surface area contributed by atoms with Crippen LogP contribution in [-0.2, 0) is 4.79 Å². The van der Waals surface area contributed by atoms with E-state index in [2.05, 4.69) is 55.6 Å². The third-order valence-corrected chi connectivity index (χ3v) is 5.84. The predicted octanol–water partition coefficient (Wildman–Crippen LogP) is 3.52. The second kappa shape index (κ2) is 10.8. The first kappa shape index (κ1) is 21.1. The summed E-state index contributed by atoms with van der Waals surface area (Å²) in [6.07, 6.45) is 4.36. The van der Waals surface area contributed by atoms with E-state index in [0.717, 1.165) is 51.9 Å². The van der Waals surface area contributed by atoms with Crippen molar-refractivity contribution in [2.75, 3.05) is 43.4 Å². The number of likely N-dealkylation sites (tertiary alicyclic amines) is 1. The Hall–Kier alpha value is -1.20. The fraction of sp³-hybridized carbons (Fsp3) is 0.667. The number of para-hydroxylation sites is 1. The van der Waals surface area contributed by atoms with Gasteiger partial charge in [-0.2, -0.15) is 12.6 Å². The van der Waals surface area contributed by atoms with Gasteiger partial charge in [-0.05, 0) is 55.7 Å². The Kier molecular flexibility index (Phi) is 8.79. The maximum Gasteiger partial charge on any atom is 0.232 e. The van der Waals surface area contributed by atoms with Crippen LogP contribution < -0.4 is 10.6 Å². The van der Waals surface area contributed by atoms with Gasteiger partial charge in [0.05, 0.1) is 5.75 Å². The van der Waals surface area contributed by atoms with E-state index < -0.39 is 0 Å². The molecule has 146 valence electrons. The molecule has 0 spiro atoms.